The van der Waals surface area contributed by atoms with Crippen LogP contribution >= 0.6 is 60.1 Å². The van der Waals surface area contributed by atoms with Crippen molar-refractivity contribution in [2.45, 2.75) is 0 Å². The van der Waals surface area contributed by atoms with Crippen LogP contribution in [0.1, 0.15) is 0 Å². The van der Waals surface area contributed by atoms with Crippen LogP contribution in [-0.2, 0) is 0 Å². The van der Waals surface area contributed by atoms with Crippen LogP contribution in [-0.4, -0.2) is 10.3 Å². The van der Waals surface area contributed by atoms with Crippen LogP contribution in [0.4, 0.5) is 0 Å². The van der Waals surface area contributed by atoms with E-state index < -0.39 is 10.3 Å². The molecule has 0 saturated heterocycles. The Balaban J connectivity index is 2.42. The standard InChI is InChI=1S/C8H6I2S2Te/c9-13(10,7-3-1-5-11-7)8-4-2-6-12-8/h1-6H. The van der Waals surface area contributed by atoms with Crippen LogP contribution in [0.2, 0.25) is 0 Å². The van der Waals surface area contributed by atoms with Gasteiger partial charge < -0.3 is 0 Å². The second-order valence-corrected chi connectivity index (χ2v) is 40.1. The topological polar surface area (TPSA) is 0 Å². The summed E-state index contributed by atoms with van der Waals surface area (Å²) in [5.41, 5.74) is 0. The summed E-state index contributed by atoms with van der Waals surface area (Å²) in [6, 6.07) is 8.88. The number of hydrogen-bond acceptors (Lipinski definition) is 2. The molecule has 0 amide bonds. The van der Waals surface area contributed by atoms with Crippen LogP contribution in [0, 0.1) is 0 Å². The van der Waals surface area contributed by atoms with Crippen molar-refractivity contribution in [1.82, 2.24) is 0 Å². The van der Waals surface area contributed by atoms with E-state index in [9.17, 15) is 0 Å². The SMILES string of the molecule is I[Te](I)(c1cccs1)c1cccs1. The van der Waals surface area contributed by atoms with Gasteiger partial charge in [0.1, 0.15) is 0 Å². The van der Waals surface area contributed by atoms with E-state index in [0.29, 0.717) is 0 Å². The minimum atomic E-state index is -1.92. The molecule has 2 heterocycles. The molecule has 0 saturated carbocycles. The summed E-state index contributed by atoms with van der Waals surface area (Å²) in [6.07, 6.45) is 0. The van der Waals surface area contributed by atoms with Gasteiger partial charge in [-0.3, -0.25) is 0 Å². The molecule has 13 heavy (non-hydrogen) atoms. The first-order valence-electron chi connectivity index (χ1n) is 3.51. The van der Waals surface area contributed by atoms with E-state index in [1.54, 1.807) is 5.85 Å². The third-order valence-electron chi connectivity index (χ3n) is 1.50. The Morgan fingerprint density at radius 1 is 0.923 bits per heavy atom. The van der Waals surface area contributed by atoms with Gasteiger partial charge >= 0.3 is 111 Å². The summed E-state index contributed by atoms with van der Waals surface area (Å²) in [6.45, 7) is 0. The quantitative estimate of drug-likeness (QED) is 0.400. The molecule has 0 aliphatic heterocycles. The Morgan fingerprint density at radius 3 is 1.69 bits per heavy atom. The zero-order valence-electron chi connectivity index (χ0n) is 6.44. The number of thiophene rings is 2. The minimum absolute atomic E-state index is 1.60. The molecule has 0 nitrogen and oxygen atoms in total. The maximum atomic E-state index is 2.70. The Labute approximate surface area is 109 Å². The third kappa shape index (κ3) is 2.42. The van der Waals surface area contributed by atoms with Crippen LogP contribution in [0.5, 0.6) is 0 Å². The molecule has 0 bridgehead atoms. The predicted octanol–water partition coefficient (Wildman–Crippen LogP) is 3.24. The van der Waals surface area contributed by atoms with E-state index in [-0.39, 0.29) is 0 Å². The van der Waals surface area contributed by atoms with Crippen molar-refractivity contribution in [3.8, 4) is 0 Å². The Hall–Kier alpha value is 1.65. The molecular formula is C8H6I2S2Te. The van der Waals surface area contributed by atoms with Crippen molar-refractivity contribution < 1.29 is 0 Å². The van der Waals surface area contributed by atoms with Gasteiger partial charge in [0.05, 0.1) is 0 Å². The van der Waals surface area contributed by atoms with Gasteiger partial charge in [0.25, 0.3) is 0 Å². The predicted molar refractivity (Wildman–Crippen MR) is 81.7 cm³/mol. The van der Waals surface area contributed by atoms with Gasteiger partial charge in [-0.15, -0.1) is 0 Å². The second kappa shape index (κ2) is 4.66. The number of hydrogen-bond donors (Lipinski definition) is 0. The first kappa shape index (κ1) is 11.1. The molecule has 0 atom stereocenters. The normalized spacial score (nSPS) is 13.1. The second-order valence-electron chi connectivity index (χ2n) is 2.33. The first-order valence-corrected chi connectivity index (χ1v) is 21.2. The van der Waals surface area contributed by atoms with E-state index in [0.717, 1.165) is 0 Å². The summed E-state index contributed by atoms with van der Waals surface area (Å²) < 4.78 is 3.21. The van der Waals surface area contributed by atoms with Crippen molar-refractivity contribution in [2.75, 3.05) is 0 Å². The number of rotatable bonds is 2. The first-order chi connectivity index (χ1) is 6.21. The van der Waals surface area contributed by atoms with Crippen molar-refractivity contribution in [3.05, 3.63) is 35.0 Å². The van der Waals surface area contributed by atoms with Crippen molar-refractivity contribution >= 4 is 76.2 Å². The van der Waals surface area contributed by atoms with Crippen molar-refractivity contribution in [2.24, 2.45) is 0 Å². The molecule has 0 aliphatic carbocycles. The van der Waals surface area contributed by atoms with Gasteiger partial charge in [-0.05, 0) is 0 Å². The summed E-state index contributed by atoms with van der Waals surface area (Å²) in [5, 5.41) is 4.36. The van der Waals surface area contributed by atoms with Crippen molar-refractivity contribution in [1.29, 1.82) is 0 Å². The zero-order valence-corrected chi connectivity index (χ0v) is 14.7. The van der Waals surface area contributed by atoms with Gasteiger partial charge in [-0.1, -0.05) is 0 Å². The van der Waals surface area contributed by atoms with Crippen LogP contribution < -0.4 is 5.85 Å². The van der Waals surface area contributed by atoms with E-state index >= 15 is 0 Å². The summed E-state index contributed by atoms with van der Waals surface area (Å²) in [7, 11) is -1.92. The van der Waals surface area contributed by atoms with Gasteiger partial charge in [0, 0.05) is 0 Å². The fraction of sp³-hybridized carbons (Fsp3) is 0. The molecule has 0 radical (unpaired) electrons. The van der Waals surface area contributed by atoms with Gasteiger partial charge in [-0.2, -0.15) is 0 Å². The molecule has 2 rings (SSSR count). The molecule has 0 unspecified atom stereocenters. The molecule has 5 heteroatoms. The van der Waals surface area contributed by atoms with Crippen LogP contribution in [0.15, 0.2) is 35.0 Å². The van der Waals surface area contributed by atoms with Gasteiger partial charge in [0.15, 0.2) is 0 Å². The molecular weight excluding hydrogens is 542 g/mol. The zero-order chi connectivity index (χ0) is 9.31. The maximum absolute atomic E-state index is 2.70. The fourth-order valence-corrected chi connectivity index (χ4v) is 20.9. The molecule has 0 fully saturated rings. The Morgan fingerprint density at radius 2 is 1.38 bits per heavy atom. The molecule has 0 spiro atoms. The third-order valence-corrected chi connectivity index (χ3v) is 32.2. The molecule has 0 N–H and O–H groups in total. The Kier molecular flexibility index (Phi) is 3.99. The van der Waals surface area contributed by atoms with Crippen LogP contribution in [0.25, 0.3) is 0 Å². The summed E-state index contributed by atoms with van der Waals surface area (Å²) in [4.78, 5) is 0. The van der Waals surface area contributed by atoms with Crippen molar-refractivity contribution in [3.63, 3.8) is 0 Å². The fourth-order valence-electron chi connectivity index (χ4n) is 0.918. The molecule has 70 valence electrons. The summed E-state index contributed by atoms with van der Waals surface area (Å²) in [5.74, 6) is 0. The Bertz CT molecular complexity index is 331. The van der Waals surface area contributed by atoms with Gasteiger partial charge in [0.2, 0.25) is 0 Å². The average molecular weight is 548 g/mol. The van der Waals surface area contributed by atoms with Gasteiger partial charge in [-0.25, -0.2) is 0 Å². The van der Waals surface area contributed by atoms with E-state index in [2.05, 4.69) is 72.4 Å². The van der Waals surface area contributed by atoms with E-state index in [1.807, 2.05) is 22.7 Å². The molecule has 2 aromatic heterocycles. The summed E-state index contributed by atoms with van der Waals surface area (Å²) >= 11 is 9.20. The monoisotopic (exact) mass is 550 g/mol. The van der Waals surface area contributed by atoms with Crippen LogP contribution in [0.3, 0.4) is 0 Å². The molecule has 0 aliphatic rings. The molecule has 2 aromatic rings. The average Bonchev–Trinajstić information content (AvgIpc) is 2.78. The number of halogens is 2. The van der Waals surface area contributed by atoms with E-state index in [1.165, 1.54) is 0 Å². The van der Waals surface area contributed by atoms with E-state index in [4.69, 9.17) is 0 Å². The molecule has 0 aromatic carbocycles.